The minimum Gasteiger partial charge on any atom is -0.391 e. The smallest absolute Gasteiger partial charge is 0.342 e. The van der Waals surface area contributed by atoms with Gasteiger partial charge in [0.05, 0.1) is 6.10 Å². The Labute approximate surface area is 157 Å². The standard InChI is InChI=1S/C18H35O7S/c1-2-3-4-5-7-10-13-16(19)17(26(22,23)24)14-11-8-6-9-12-15-18(20)25-21/h13,16-17,19,21H,2-12,14-15H2,1H3,(H,22,23,24). The molecule has 0 aromatic rings. The number of hydrogen-bond acceptors (Lipinski definition) is 6. The summed E-state index contributed by atoms with van der Waals surface area (Å²) < 4.78 is 32.4. The molecular formula is C18H35O7S. The fourth-order valence-corrected chi connectivity index (χ4v) is 3.80. The van der Waals surface area contributed by atoms with Gasteiger partial charge >= 0.3 is 5.97 Å². The van der Waals surface area contributed by atoms with E-state index >= 15 is 0 Å². The number of aliphatic hydroxyl groups excluding tert-OH is 1. The number of hydrogen-bond donors (Lipinski definition) is 3. The number of unbranched alkanes of at least 4 members (excludes halogenated alkanes) is 9. The third-order valence-corrected chi connectivity index (χ3v) is 5.73. The fraction of sp³-hybridized carbons (Fsp3) is 0.889. The Morgan fingerprint density at radius 1 is 1.00 bits per heavy atom. The minimum absolute atomic E-state index is 0.149. The first-order valence-electron chi connectivity index (χ1n) is 9.64. The van der Waals surface area contributed by atoms with E-state index in [1.165, 1.54) is 6.42 Å². The minimum atomic E-state index is -4.30. The lowest BCUT2D eigenvalue weighted by atomic mass is 10.0. The van der Waals surface area contributed by atoms with E-state index in [0.29, 0.717) is 19.3 Å². The van der Waals surface area contributed by atoms with Gasteiger partial charge in [-0.15, -0.1) is 0 Å². The van der Waals surface area contributed by atoms with E-state index in [9.17, 15) is 22.9 Å². The monoisotopic (exact) mass is 395 g/mol. The summed E-state index contributed by atoms with van der Waals surface area (Å²) in [4.78, 5) is 14.3. The highest BCUT2D eigenvalue weighted by atomic mass is 32.2. The van der Waals surface area contributed by atoms with Crippen LogP contribution < -0.4 is 0 Å². The highest BCUT2D eigenvalue weighted by molar-refractivity contribution is 7.86. The van der Waals surface area contributed by atoms with Crippen LogP contribution in [0.25, 0.3) is 0 Å². The van der Waals surface area contributed by atoms with Crippen molar-refractivity contribution in [1.82, 2.24) is 0 Å². The zero-order valence-electron chi connectivity index (χ0n) is 15.8. The summed E-state index contributed by atoms with van der Waals surface area (Å²) in [6.07, 6.45) is 10.3. The van der Waals surface area contributed by atoms with Crippen molar-refractivity contribution in [3.63, 3.8) is 0 Å². The number of carbonyl (C=O) groups is 1. The molecule has 7 nitrogen and oxygen atoms in total. The second-order valence-electron chi connectivity index (χ2n) is 6.75. The molecule has 0 aromatic heterocycles. The molecule has 0 amide bonds. The summed E-state index contributed by atoms with van der Waals surface area (Å²) in [6.45, 7) is 2.13. The van der Waals surface area contributed by atoms with Gasteiger partial charge in [0.1, 0.15) is 5.25 Å². The topological polar surface area (TPSA) is 121 Å². The molecule has 155 valence electrons. The van der Waals surface area contributed by atoms with Crippen molar-refractivity contribution in [2.75, 3.05) is 0 Å². The highest BCUT2D eigenvalue weighted by Crippen LogP contribution is 2.19. The maximum atomic E-state index is 11.5. The molecule has 0 aromatic carbocycles. The van der Waals surface area contributed by atoms with Crippen LogP contribution in [0.2, 0.25) is 0 Å². The lowest BCUT2D eigenvalue weighted by molar-refractivity contribution is -0.234. The number of aliphatic hydroxyl groups is 1. The highest BCUT2D eigenvalue weighted by Gasteiger charge is 2.30. The zero-order valence-corrected chi connectivity index (χ0v) is 16.6. The van der Waals surface area contributed by atoms with Crippen molar-refractivity contribution in [1.29, 1.82) is 0 Å². The number of carbonyl (C=O) groups excluding carboxylic acids is 1. The van der Waals surface area contributed by atoms with E-state index in [1.807, 2.05) is 0 Å². The van der Waals surface area contributed by atoms with Gasteiger partial charge in [0, 0.05) is 6.42 Å². The van der Waals surface area contributed by atoms with E-state index in [4.69, 9.17) is 5.26 Å². The van der Waals surface area contributed by atoms with Crippen LogP contribution in [-0.4, -0.2) is 40.7 Å². The van der Waals surface area contributed by atoms with Crippen LogP contribution in [0.4, 0.5) is 0 Å². The zero-order chi connectivity index (χ0) is 19.8. The van der Waals surface area contributed by atoms with Crippen molar-refractivity contribution >= 4 is 16.1 Å². The molecule has 0 saturated carbocycles. The molecule has 2 atom stereocenters. The Balaban J connectivity index is 4.00. The molecule has 0 spiro atoms. The summed E-state index contributed by atoms with van der Waals surface area (Å²) in [5.74, 6) is -0.662. The normalized spacial score (nSPS) is 14.2. The van der Waals surface area contributed by atoms with Gasteiger partial charge < -0.3 is 9.99 Å². The van der Waals surface area contributed by atoms with Crippen LogP contribution in [0.5, 0.6) is 0 Å². The Morgan fingerprint density at radius 3 is 2.19 bits per heavy atom. The molecular weight excluding hydrogens is 360 g/mol. The van der Waals surface area contributed by atoms with Gasteiger partial charge in [-0.25, -0.2) is 4.79 Å². The third-order valence-electron chi connectivity index (χ3n) is 4.45. The molecule has 0 aliphatic heterocycles. The Bertz CT molecular complexity index is 450. The summed E-state index contributed by atoms with van der Waals surface area (Å²) >= 11 is 0. The van der Waals surface area contributed by atoms with Crippen molar-refractivity contribution in [2.24, 2.45) is 0 Å². The molecule has 0 saturated heterocycles. The second kappa shape index (κ2) is 15.4. The molecule has 1 radical (unpaired) electrons. The lowest BCUT2D eigenvalue weighted by Gasteiger charge is -2.20. The molecule has 0 rings (SSSR count). The average Bonchev–Trinajstić information content (AvgIpc) is 2.58. The predicted octanol–water partition coefficient (Wildman–Crippen LogP) is 3.92. The van der Waals surface area contributed by atoms with Gasteiger partial charge in [-0.05, 0) is 25.7 Å². The van der Waals surface area contributed by atoms with E-state index in [1.54, 1.807) is 6.42 Å². The van der Waals surface area contributed by atoms with Crippen LogP contribution in [0.1, 0.15) is 90.4 Å². The quantitative estimate of drug-likeness (QED) is 0.148. The van der Waals surface area contributed by atoms with Gasteiger partial charge in [0.2, 0.25) is 0 Å². The Morgan fingerprint density at radius 2 is 1.58 bits per heavy atom. The molecule has 0 aliphatic rings. The SMILES string of the molecule is CCCCCCC[CH]C(O)C(CCCCCCCC(=O)OO)S(=O)(=O)O. The first-order chi connectivity index (χ1) is 12.3. The van der Waals surface area contributed by atoms with Crippen molar-refractivity contribution in [3.05, 3.63) is 6.42 Å². The number of rotatable bonds is 17. The van der Waals surface area contributed by atoms with Gasteiger partial charge in [0.25, 0.3) is 10.1 Å². The third kappa shape index (κ3) is 13.5. The largest absolute Gasteiger partial charge is 0.391 e. The molecule has 26 heavy (non-hydrogen) atoms. The van der Waals surface area contributed by atoms with Gasteiger partial charge in [0.15, 0.2) is 0 Å². The molecule has 0 aliphatic carbocycles. The maximum absolute atomic E-state index is 11.5. The maximum Gasteiger partial charge on any atom is 0.342 e. The summed E-state index contributed by atoms with van der Waals surface area (Å²) in [5.41, 5.74) is 0. The van der Waals surface area contributed by atoms with Crippen LogP contribution in [-0.2, 0) is 19.8 Å². The van der Waals surface area contributed by atoms with Crippen LogP contribution in [0.15, 0.2) is 0 Å². The summed E-state index contributed by atoms with van der Waals surface area (Å²) in [7, 11) is -4.30. The van der Waals surface area contributed by atoms with E-state index < -0.39 is 27.4 Å². The van der Waals surface area contributed by atoms with Crippen LogP contribution in [0, 0.1) is 6.42 Å². The molecule has 0 heterocycles. The Hall–Kier alpha value is -0.700. The summed E-state index contributed by atoms with van der Waals surface area (Å²) in [5, 5.41) is 17.1. The molecule has 0 bridgehead atoms. The van der Waals surface area contributed by atoms with Gasteiger partial charge in [-0.2, -0.15) is 13.7 Å². The van der Waals surface area contributed by atoms with E-state index in [0.717, 1.165) is 44.9 Å². The van der Waals surface area contributed by atoms with Crippen molar-refractivity contribution < 1.29 is 33.0 Å². The Kier molecular flexibility index (Phi) is 15.0. The van der Waals surface area contributed by atoms with E-state index in [-0.39, 0.29) is 12.8 Å². The fourth-order valence-electron chi connectivity index (χ4n) is 2.88. The van der Waals surface area contributed by atoms with Gasteiger partial charge in [-0.3, -0.25) is 4.55 Å². The second-order valence-corrected chi connectivity index (χ2v) is 8.39. The molecule has 0 fully saturated rings. The lowest BCUT2D eigenvalue weighted by Crippen LogP contribution is -2.34. The first-order valence-corrected chi connectivity index (χ1v) is 11.1. The predicted molar refractivity (Wildman–Crippen MR) is 100 cm³/mol. The molecule has 8 heteroatoms. The van der Waals surface area contributed by atoms with Crippen LogP contribution in [0.3, 0.4) is 0 Å². The molecule has 3 N–H and O–H groups in total. The van der Waals surface area contributed by atoms with Crippen LogP contribution >= 0.6 is 0 Å². The van der Waals surface area contributed by atoms with Crippen molar-refractivity contribution in [3.8, 4) is 0 Å². The van der Waals surface area contributed by atoms with E-state index in [2.05, 4.69) is 11.8 Å². The summed E-state index contributed by atoms with van der Waals surface area (Å²) in [6, 6.07) is 0. The van der Waals surface area contributed by atoms with Crippen molar-refractivity contribution in [2.45, 2.75) is 102 Å². The van der Waals surface area contributed by atoms with Gasteiger partial charge in [-0.1, -0.05) is 64.7 Å². The average molecular weight is 396 g/mol. The first kappa shape index (κ1) is 25.3. The molecule has 2 unspecified atom stereocenters.